The molecule has 5 rings (SSSR count). The monoisotopic (exact) mass is 511 g/mol. The van der Waals surface area contributed by atoms with Crippen molar-refractivity contribution in [3.05, 3.63) is 78.4 Å². The van der Waals surface area contributed by atoms with Gasteiger partial charge in [-0.3, -0.25) is 4.57 Å². The van der Waals surface area contributed by atoms with Crippen molar-refractivity contribution in [3.63, 3.8) is 0 Å². The third-order valence-electron chi connectivity index (χ3n) is 6.04. The number of aromatic nitrogens is 3. The fourth-order valence-corrected chi connectivity index (χ4v) is 4.12. The molecule has 8 nitrogen and oxygen atoms in total. The average molecular weight is 512 g/mol. The fraction of sp³-hybridized carbons (Fsp3) is 0.269. The summed E-state index contributed by atoms with van der Waals surface area (Å²) in [5.74, 6) is 0.908. The van der Waals surface area contributed by atoms with E-state index >= 15 is 0 Å². The molecule has 0 unspecified atom stereocenters. The van der Waals surface area contributed by atoms with E-state index in [0.717, 1.165) is 43.9 Å². The molecule has 3 heterocycles. The zero-order valence-corrected chi connectivity index (χ0v) is 19.7. The van der Waals surface area contributed by atoms with Gasteiger partial charge in [0, 0.05) is 49.1 Å². The minimum Gasteiger partial charge on any atom is -0.439 e. The summed E-state index contributed by atoms with van der Waals surface area (Å²) in [5, 5.41) is 6.70. The van der Waals surface area contributed by atoms with Gasteiger partial charge in [0.2, 0.25) is 5.88 Å². The Morgan fingerprint density at radius 2 is 1.92 bits per heavy atom. The first-order valence-electron chi connectivity index (χ1n) is 11.7. The highest BCUT2D eigenvalue weighted by Gasteiger charge is 2.30. The van der Waals surface area contributed by atoms with E-state index in [9.17, 15) is 18.0 Å². The van der Waals surface area contributed by atoms with Gasteiger partial charge in [-0.15, -0.1) is 0 Å². The molecule has 1 amide bonds. The number of halogens is 3. The van der Waals surface area contributed by atoms with E-state index < -0.39 is 17.8 Å². The molecule has 1 fully saturated rings. The molecule has 0 bridgehead atoms. The second-order valence-electron chi connectivity index (χ2n) is 8.63. The van der Waals surface area contributed by atoms with Gasteiger partial charge < -0.3 is 20.1 Å². The van der Waals surface area contributed by atoms with E-state index in [4.69, 9.17) is 9.47 Å². The average Bonchev–Trinajstić information content (AvgIpc) is 3.31. The van der Waals surface area contributed by atoms with Crippen molar-refractivity contribution in [1.82, 2.24) is 19.9 Å². The third kappa shape index (κ3) is 6.07. The molecule has 1 aliphatic rings. The number of ether oxygens (including phenoxy) is 2. The maximum absolute atomic E-state index is 13.0. The van der Waals surface area contributed by atoms with Crippen LogP contribution in [0.2, 0.25) is 0 Å². The maximum atomic E-state index is 13.0. The molecular formula is C26H24F3N5O3. The molecule has 0 aliphatic carbocycles. The summed E-state index contributed by atoms with van der Waals surface area (Å²) in [5.41, 5.74) is 0.583. The van der Waals surface area contributed by atoms with Crippen LogP contribution in [0.4, 0.5) is 23.7 Å². The number of nitrogens with zero attached hydrogens (tertiary/aromatic N) is 3. The number of nitrogens with one attached hydrogen (secondary N) is 2. The van der Waals surface area contributed by atoms with Crippen LogP contribution in [0.25, 0.3) is 10.9 Å². The van der Waals surface area contributed by atoms with Gasteiger partial charge in [-0.2, -0.15) is 13.2 Å². The van der Waals surface area contributed by atoms with E-state index in [1.54, 1.807) is 36.5 Å². The molecule has 37 heavy (non-hydrogen) atoms. The predicted molar refractivity (Wildman–Crippen MR) is 131 cm³/mol. The first-order valence-corrected chi connectivity index (χ1v) is 11.7. The number of fused-ring (bicyclic) bond motifs is 1. The summed E-state index contributed by atoms with van der Waals surface area (Å²) in [6, 6.07) is 12.9. The molecule has 0 spiro atoms. The number of carbonyl (C=O) groups is 1. The number of carbonyl (C=O) groups excluding carboxylic acids is 1. The van der Waals surface area contributed by atoms with Gasteiger partial charge in [0.25, 0.3) is 0 Å². The standard InChI is InChI=1S/C26H24F3N5O3/c27-26(28,29)18-2-1-3-20(13-18)33-25(35)34-9-6-17-12-22(4-5-23(17)34)37-24-14-21(31-16-32-24)15-30-19-7-10-36-11-8-19/h1-6,9,12-14,16,19,30H,7-8,10-11,15H2,(H,33,35). The molecule has 0 radical (unpaired) electrons. The highest BCUT2D eigenvalue weighted by Crippen LogP contribution is 2.31. The number of hydrogen-bond acceptors (Lipinski definition) is 6. The molecule has 0 saturated carbocycles. The van der Waals surface area contributed by atoms with Crippen molar-refractivity contribution in [1.29, 1.82) is 0 Å². The van der Waals surface area contributed by atoms with Gasteiger partial charge in [-0.05, 0) is 55.3 Å². The first kappa shape index (κ1) is 24.7. The summed E-state index contributed by atoms with van der Waals surface area (Å²) < 4.78 is 51.5. The molecule has 11 heteroatoms. The van der Waals surface area contributed by atoms with E-state index in [-0.39, 0.29) is 5.69 Å². The number of hydrogen-bond donors (Lipinski definition) is 2. The third-order valence-corrected chi connectivity index (χ3v) is 6.04. The summed E-state index contributed by atoms with van der Waals surface area (Å²) in [6.07, 6.45) is 0.423. The van der Waals surface area contributed by atoms with Crippen LogP contribution in [-0.4, -0.2) is 39.8 Å². The lowest BCUT2D eigenvalue weighted by molar-refractivity contribution is -0.137. The maximum Gasteiger partial charge on any atom is 0.416 e. The predicted octanol–water partition coefficient (Wildman–Crippen LogP) is 5.59. The van der Waals surface area contributed by atoms with Gasteiger partial charge >= 0.3 is 12.2 Å². The Labute approximate surface area is 210 Å². The zero-order valence-electron chi connectivity index (χ0n) is 19.7. The van der Waals surface area contributed by atoms with E-state index in [1.165, 1.54) is 23.0 Å². The van der Waals surface area contributed by atoms with Crippen molar-refractivity contribution in [2.45, 2.75) is 31.6 Å². The lowest BCUT2D eigenvalue weighted by Gasteiger charge is -2.23. The number of anilines is 1. The van der Waals surface area contributed by atoms with Gasteiger partial charge in [-0.25, -0.2) is 14.8 Å². The van der Waals surface area contributed by atoms with Crippen LogP contribution in [0.15, 0.2) is 67.1 Å². The van der Waals surface area contributed by atoms with Crippen molar-refractivity contribution in [3.8, 4) is 11.6 Å². The lowest BCUT2D eigenvalue weighted by Crippen LogP contribution is -2.34. The quantitative estimate of drug-likeness (QED) is 0.351. The molecule has 1 aliphatic heterocycles. The van der Waals surface area contributed by atoms with Crippen molar-refractivity contribution in [2.75, 3.05) is 18.5 Å². The minimum absolute atomic E-state index is 0.0486. The summed E-state index contributed by atoms with van der Waals surface area (Å²) in [4.78, 5) is 21.2. The molecule has 4 aromatic rings. The van der Waals surface area contributed by atoms with Crippen LogP contribution in [-0.2, 0) is 17.5 Å². The van der Waals surface area contributed by atoms with Crippen LogP contribution in [0, 0.1) is 0 Å². The van der Waals surface area contributed by atoms with Crippen LogP contribution in [0.5, 0.6) is 11.6 Å². The summed E-state index contributed by atoms with van der Waals surface area (Å²) >= 11 is 0. The number of benzene rings is 2. The molecular weight excluding hydrogens is 487 g/mol. The summed E-state index contributed by atoms with van der Waals surface area (Å²) in [7, 11) is 0. The minimum atomic E-state index is -4.50. The Balaban J connectivity index is 1.25. The normalized spacial score (nSPS) is 14.6. The Bertz CT molecular complexity index is 1400. The zero-order chi connectivity index (χ0) is 25.8. The molecule has 2 aromatic carbocycles. The number of alkyl halides is 3. The molecule has 2 aromatic heterocycles. The highest BCUT2D eigenvalue weighted by molar-refractivity contribution is 5.98. The molecule has 1 saturated heterocycles. The topological polar surface area (TPSA) is 90.3 Å². The van der Waals surface area contributed by atoms with Crippen molar-refractivity contribution < 1.29 is 27.4 Å². The SMILES string of the molecule is O=C(Nc1cccc(C(F)(F)F)c1)n1ccc2cc(Oc3cc(CNC4CCOCC4)ncn3)ccc21. The Hall–Kier alpha value is -3.96. The van der Waals surface area contributed by atoms with Crippen molar-refractivity contribution in [2.24, 2.45) is 0 Å². The van der Waals surface area contributed by atoms with Gasteiger partial charge in [0.1, 0.15) is 12.1 Å². The molecule has 192 valence electrons. The van der Waals surface area contributed by atoms with E-state index in [0.29, 0.717) is 35.1 Å². The second kappa shape index (κ2) is 10.6. The number of rotatable bonds is 6. The van der Waals surface area contributed by atoms with Gasteiger partial charge in [0.15, 0.2) is 0 Å². The summed E-state index contributed by atoms with van der Waals surface area (Å²) in [6.45, 7) is 2.10. The lowest BCUT2D eigenvalue weighted by atomic mass is 10.1. The fourth-order valence-electron chi connectivity index (χ4n) is 4.12. The van der Waals surface area contributed by atoms with E-state index in [2.05, 4.69) is 20.6 Å². The van der Waals surface area contributed by atoms with Crippen molar-refractivity contribution >= 4 is 22.6 Å². The highest BCUT2D eigenvalue weighted by atomic mass is 19.4. The van der Waals surface area contributed by atoms with Crippen LogP contribution >= 0.6 is 0 Å². The van der Waals surface area contributed by atoms with Crippen LogP contribution in [0.3, 0.4) is 0 Å². The Kier molecular flexibility index (Phi) is 7.06. The smallest absolute Gasteiger partial charge is 0.416 e. The van der Waals surface area contributed by atoms with Crippen LogP contribution in [0.1, 0.15) is 24.1 Å². The molecule has 2 N–H and O–H groups in total. The Morgan fingerprint density at radius 3 is 2.73 bits per heavy atom. The van der Waals surface area contributed by atoms with E-state index in [1.807, 2.05) is 0 Å². The largest absolute Gasteiger partial charge is 0.439 e. The first-order chi connectivity index (χ1) is 17.8. The van der Waals surface area contributed by atoms with Gasteiger partial charge in [0.05, 0.1) is 16.8 Å². The Morgan fingerprint density at radius 1 is 1.08 bits per heavy atom. The number of amides is 1. The van der Waals surface area contributed by atoms with Crippen LogP contribution < -0.4 is 15.4 Å². The second-order valence-corrected chi connectivity index (χ2v) is 8.63. The van der Waals surface area contributed by atoms with Gasteiger partial charge in [-0.1, -0.05) is 6.07 Å². The molecule has 0 atom stereocenters.